The second-order valence-corrected chi connectivity index (χ2v) is 4.27. The van der Waals surface area contributed by atoms with Gasteiger partial charge in [-0.3, -0.25) is 0 Å². The SMILES string of the molecule is CCCNCc1coc(-c2cccc(Cl)c2)n1. The molecule has 0 saturated carbocycles. The van der Waals surface area contributed by atoms with Crippen LogP contribution < -0.4 is 5.32 Å². The molecule has 0 aliphatic heterocycles. The molecule has 0 fully saturated rings. The second-order valence-electron chi connectivity index (χ2n) is 3.83. The Balaban J connectivity index is 2.07. The van der Waals surface area contributed by atoms with Crippen molar-refractivity contribution in [3.8, 4) is 11.5 Å². The second kappa shape index (κ2) is 5.84. The monoisotopic (exact) mass is 250 g/mol. The van der Waals surface area contributed by atoms with Gasteiger partial charge in [0.2, 0.25) is 5.89 Å². The number of halogens is 1. The number of aromatic nitrogens is 1. The summed E-state index contributed by atoms with van der Waals surface area (Å²) in [7, 11) is 0. The van der Waals surface area contributed by atoms with Crippen LogP contribution >= 0.6 is 11.6 Å². The van der Waals surface area contributed by atoms with Gasteiger partial charge in [0.15, 0.2) is 0 Å². The summed E-state index contributed by atoms with van der Waals surface area (Å²) in [6.07, 6.45) is 2.79. The van der Waals surface area contributed by atoms with Gasteiger partial charge in [-0.1, -0.05) is 24.6 Å². The van der Waals surface area contributed by atoms with Crippen LogP contribution in [0.5, 0.6) is 0 Å². The van der Waals surface area contributed by atoms with Gasteiger partial charge < -0.3 is 9.73 Å². The van der Waals surface area contributed by atoms with E-state index in [-0.39, 0.29) is 0 Å². The molecule has 0 bridgehead atoms. The zero-order valence-electron chi connectivity index (χ0n) is 9.74. The van der Waals surface area contributed by atoms with Crippen molar-refractivity contribution in [3.63, 3.8) is 0 Å². The van der Waals surface area contributed by atoms with Crippen molar-refractivity contribution in [2.45, 2.75) is 19.9 Å². The predicted octanol–water partition coefficient (Wildman–Crippen LogP) is 3.49. The number of oxazole rings is 1. The molecule has 1 heterocycles. The van der Waals surface area contributed by atoms with Gasteiger partial charge in [-0.2, -0.15) is 0 Å². The largest absolute Gasteiger partial charge is 0.444 e. The molecule has 4 heteroatoms. The predicted molar refractivity (Wildman–Crippen MR) is 68.9 cm³/mol. The Hall–Kier alpha value is -1.32. The molecule has 1 aromatic carbocycles. The fourth-order valence-electron chi connectivity index (χ4n) is 1.54. The van der Waals surface area contributed by atoms with E-state index in [2.05, 4.69) is 17.2 Å². The minimum absolute atomic E-state index is 0.612. The molecule has 90 valence electrons. The van der Waals surface area contributed by atoms with E-state index in [1.807, 2.05) is 24.3 Å². The van der Waals surface area contributed by atoms with E-state index in [1.54, 1.807) is 6.26 Å². The highest BCUT2D eigenvalue weighted by Crippen LogP contribution is 2.21. The van der Waals surface area contributed by atoms with Crippen molar-refractivity contribution in [3.05, 3.63) is 41.2 Å². The van der Waals surface area contributed by atoms with Gasteiger partial charge in [-0.15, -0.1) is 0 Å². The summed E-state index contributed by atoms with van der Waals surface area (Å²) in [6.45, 7) is 3.85. The summed E-state index contributed by atoms with van der Waals surface area (Å²) in [4.78, 5) is 4.41. The van der Waals surface area contributed by atoms with Gasteiger partial charge in [-0.25, -0.2) is 4.98 Å². The standard InChI is InChI=1S/C13H15ClN2O/c1-2-6-15-8-12-9-17-13(16-12)10-4-3-5-11(14)7-10/h3-5,7,9,15H,2,6,8H2,1H3. The Morgan fingerprint density at radius 1 is 1.41 bits per heavy atom. The molecule has 0 radical (unpaired) electrons. The third-order valence-corrected chi connectivity index (χ3v) is 2.59. The van der Waals surface area contributed by atoms with Crippen LogP contribution in [0.15, 0.2) is 34.9 Å². The Morgan fingerprint density at radius 3 is 3.06 bits per heavy atom. The highest BCUT2D eigenvalue weighted by molar-refractivity contribution is 6.30. The van der Waals surface area contributed by atoms with Crippen LogP contribution in [0.4, 0.5) is 0 Å². The van der Waals surface area contributed by atoms with Gasteiger partial charge in [0.25, 0.3) is 0 Å². The molecule has 2 aromatic rings. The van der Waals surface area contributed by atoms with Gasteiger partial charge in [-0.05, 0) is 31.2 Å². The molecular weight excluding hydrogens is 236 g/mol. The van der Waals surface area contributed by atoms with Crippen molar-refractivity contribution in [1.82, 2.24) is 10.3 Å². The number of rotatable bonds is 5. The molecule has 0 aliphatic rings. The number of hydrogen-bond donors (Lipinski definition) is 1. The molecule has 2 rings (SSSR count). The maximum atomic E-state index is 5.92. The Labute approximate surface area is 106 Å². The van der Waals surface area contributed by atoms with Crippen LogP contribution in [0.3, 0.4) is 0 Å². The summed E-state index contributed by atoms with van der Waals surface area (Å²) in [5, 5.41) is 3.97. The maximum absolute atomic E-state index is 5.92. The van der Waals surface area contributed by atoms with Crippen LogP contribution in [-0.2, 0) is 6.54 Å². The summed E-state index contributed by atoms with van der Waals surface area (Å²) < 4.78 is 5.43. The van der Waals surface area contributed by atoms with Gasteiger partial charge >= 0.3 is 0 Å². The normalized spacial score (nSPS) is 10.7. The van der Waals surface area contributed by atoms with E-state index in [0.717, 1.165) is 30.8 Å². The van der Waals surface area contributed by atoms with Crippen molar-refractivity contribution in [2.24, 2.45) is 0 Å². The molecule has 17 heavy (non-hydrogen) atoms. The molecule has 0 aliphatic carbocycles. The number of benzene rings is 1. The van der Waals surface area contributed by atoms with Gasteiger partial charge in [0, 0.05) is 17.1 Å². The van der Waals surface area contributed by atoms with Crippen molar-refractivity contribution in [2.75, 3.05) is 6.54 Å². The average Bonchev–Trinajstić information content (AvgIpc) is 2.78. The minimum Gasteiger partial charge on any atom is -0.444 e. The molecule has 3 nitrogen and oxygen atoms in total. The molecular formula is C13H15ClN2O. The lowest BCUT2D eigenvalue weighted by Gasteiger charge is -1.97. The van der Waals surface area contributed by atoms with Crippen LogP contribution in [0.1, 0.15) is 19.0 Å². The van der Waals surface area contributed by atoms with Crippen molar-refractivity contribution < 1.29 is 4.42 Å². The Bertz CT molecular complexity index is 482. The van der Waals surface area contributed by atoms with Crippen molar-refractivity contribution in [1.29, 1.82) is 0 Å². The number of nitrogens with zero attached hydrogens (tertiary/aromatic N) is 1. The molecule has 0 amide bonds. The van der Waals surface area contributed by atoms with E-state index < -0.39 is 0 Å². The van der Waals surface area contributed by atoms with Crippen LogP contribution in [0, 0.1) is 0 Å². The van der Waals surface area contributed by atoms with Crippen LogP contribution in [0.25, 0.3) is 11.5 Å². The average molecular weight is 251 g/mol. The molecule has 1 aromatic heterocycles. The Morgan fingerprint density at radius 2 is 2.29 bits per heavy atom. The van der Waals surface area contributed by atoms with E-state index in [9.17, 15) is 0 Å². The smallest absolute Gasteiger partial charge is 0.226 e. The summed E-state index contributed by atoms with van der Waals surface area (Å²) >= 11 is 5.92. The maximum Gasteiger partial charge on any atom is 0.226 e. The third-order valence-electron chi connectivity index (χ3n) is 2.36. The first-order chi connectivity index (χ1) is 8.29. The molecule has 0 atom stereocenters. The van der Waals surface area contributed by atoms with Gasteiger partial charge in [0.1, 0.15) is 6.26 Å². The quantitative estimate of drug-likeness (QED) is 0.826. The minimum atomic E-state index is 0.612. The Kier molecular flexibility index (Phi) is 4.18. The van der Waals surface area contributed by atoms with Crippen LogP contribution in [0.2, 0.25) is 5.02 Å². The van der Waals surface area contributed by atoms with E-state index in [0.29, 0.717) is 10.9 Å². The molecule has 1 N–H and O–H groups in total. The van der Waals surface area contributed by atoms with Gasteiger partial charge in [0.05, 0.1) is 5.69 Å². The zero-order valence-corrected chi connectivity index (χ0v) is 10.5. The summed E-state index contributed by atoms with van der Waals surface area (Å²) in [5.74, 6) is 0.612. The molecule has 0 saturated heterocycles. The lowest BCUT2D eigenvalue weighted by molar-refractivity contribution is 0.570. The van der Waals surface area contributed by atoms with E-state index in [1.165, 1.54) is 0 Å². The highest BCUT2D eigenvalue weighted by atomic mass is 35.5. The molecule has 0 spiro atoms. The highest BCUT2D eigenvalue weighted by Gasteiger charge is 2.06. The first-order valence-corrected chi connectivity index (χ1v) is 6.08. The first kappa shape index (κ1) is 12.1. The fraction of sp³-hybridized carbons (Fsp3) is 0.308. The number of hydrogen-bond acceptors (Lipinski definition) is 3. The lowest BCUT2D eigenvalue weighted by Crippen LogP contribution is -2.13. The van der Waals surface area contributed by atoms with Crippen molar-refractivity contribution >= 4 is 11.6 Å². The first-order valence-electron chi connectivity index (χ1n) is 5.70. The topological polar surface area (TPSA) is 38.1 Å². The van der Waals surface area contributed by atoms with Crippen LogP contribution in [-0.4, -0.2) is 11.5 Å². The van der Waals surface area contributed by atoms with E-state index >= 15 is 0 Å². The summed E-state index contributed by atoms with van der Waals surface area (Å²) in [6, 6.07) is 7.49. The fourth-order valence-corrected chi connectivity index (χ4v) is 1.73. The summed E-state index contributed by atoms with van der Waals surface area (Å²) in [5.41, 5.74) is 1.81. The van der Waals surface area contributed by atoms with E-state index in [4.69, 9.17) is 16.0 Å². The molecule has 0 unspecified atom stereocenters. The third kappa shape index (κ3) is 3.32. The zero-order chi connectivity index (χ0) is 12.1. The lowest BCUT2D eigenvalue weighted by atomic mass is 10.2. The number of nitrogens with one attached hydrogen (secondary N) is 1.